The first-order valence-electron chi connectivity index (χ1n) is 8.46. The number of hydrogen-bond donors (Lipinski definition) is 3. The van der Waals surface area contributed by atoms with Gasteiger partial charge in [-0.25, -0.2) is 0 Å². The Labute approximate surface area is 152 Å². The SMILES string of the molecule is CCOc1ccc(NC(C)=O)cc1SNc1cccc2c1CCNC2. The fourth-order valence-corrected chi connectivity index (χ4v) is 3.71. The van der Waals surface area contributed by atoms with Crippen molar-refractivity contribution in [3.8, 4) is 5.75 Å². The van der Waals surface area contributed by atoms with Crippen molar-refractivity contribution in [3.05, 3.63) is 47.5 Å². The molecule has 0 aromatic heterocycles. The number of ether oxygens (including phenoxy) is 1. The molecule has 1 aliphatic heterocycles. The summed E-state index contributed by atoms with van der Waals surface area (Å²) in [5.74, 6) is 0.721. The van der Waals surface area contributed by atoms with Crippen molar-refractivity contribution in [1.82, 2.24) is 5.32 Å². The third-order valence-corrected chi connectivity index (χ3v) is 4.84. The van der Waals surface area contributed by atoms with E-state index in [0.29, 0.717) is 6.61 Å². The van der Waals surface area contributed by atoms with Crippen LogP contribution < -0.4 is 20.1 Å². The van der Waals surface area contributed by atoms with E-state index < -0.39 is 0 Å². The lowest BCUT2D eigenvalue weighted by atomic mass is 9.99. The summed E-state index contributed by atoms with van der Waals surface area (Å²) >= 11 is 1.51. The molecule has 2 aromatic rings. The summed E-state index contributed by atoms with van der Waals surface area (Å²) < 4.78 is 9.18. The maximum Gasteiger partial charge on any atom is 0.221 e. The van der Waals surface area contributed by atoms with E-state index in [2.05, 4.69) is 33.6 Å². The summed E-state index contributed by atoms with van der Waals surface area (Å²) in [5.41, 5.74) is 4.61. The number of carbonyl (C=O) groups is 1. The second kappa shape index (κ2) is 8.27. The number of carbonyl (C=O) groups excluding carboxylic acids is 1. The van der Waals surface area contributed by atoms with Crippen molar-refractivity contribution in [3.63, 3.8) is 0 Å². The average Bonchev–Trinajstić information content (AvgIpc) is 2.61. The standard InChI is InChI=1S/C19H23N3O2S/c1-3-24-18-8-7-15(21-13(2)23)11-19(18)25-22-17-6-4-5-14-12-20-10-9-16(14)17/h4-8,11,20,22H,3,9-10,12H2,1-2H3,(H,21,23). The molecule has 0 saturated carbocycles. The molecule has 0 saturated heterocycles. The predicted octanol–water partition coefficient (Wildman–Crippen LogP) is 3.81. The highest BCUT2D eigenvalue weighted by molar-refractivity contribution is 8.00. The van der Waals surface area contributed by atoms with E-state index in [1.54, 1.807) is 0 Å². The molecule has 2 aromatic carbocycles. The molecule has 1 heterocycles. The zero-order chi connectivity index (χ0) is 17.6. The van der Waals surface area contributed by atoms with E-state index in [4.69, 9.17) is 4.74 Å². The molecule has 0 spiro atoms. The van der Waals surface area contributed by atoms with Crippen LogP contribution in [-0.2, 0) is 17.8 Å². The summed E-state index contributed by atoms with van der Waals surface area (Å²) in [7, 11) is 0. The van der Waals surface area contributed by atoms with E-state index in [-0.39, 0.29) is 5.91 Å². The summed E-state index contributed by atoms with van der Waals surface area (Å²) in [6.45, 7) is 5.98. The predicted molar refractivity (Wildman–Crippen MR) is 103 cm³/mol. The lowest BCUT2D eigenvalue weighted by Gasteiger charge is -2.21. The number of hydrogen-bond acceptors (Lipinski definition) is 5. The first-order valence-corrected chi connectivity index (χ1v) is 9.28. The minimum absolute atomic E-state index is 0.0855. The maximum absolute atomic E-state index is 11.3. The Morgan fingerprint density at radius 1 is 1.32 bits per heavy atom. The molecular weight excluding hydrogens is 334 g/mol. The largest absolute Gasteiger partial charge is 0.493 e. The Kier molecular flexibility index (Phi) is 5.83. The van der Waals surface area contributed by atoms with Crippen molar-refractivity contribution < 1.29 is 9.53 Å². The summed E-state index contributed by atoms with van der Waals surface area (Å²) in [5, 5.41) is 6.22. The number of nitrogens with one attached hydrogen (secondary N) is 3. The van der Waals surface area contributed by atoms with E-state index in [1.807, 2.05) is 25.1 Å². The van der Waals surface area contributed by atoms with Gasteiger partial charge < -0.3 is 20.1 Å². The van der Waals surface area contributed by atoms with Gasteiger partial charge >= 0.3 is 0 Å². The zero-order valence-electron chi connectivity index (χ0n) is 14.5. The minimum Gasteiger partial charge on any atom is -0.493 e. The Morgan fingerprint density at radius 2 is 2.20 bits per heavy atom. The quantitative estimate of drug-likeness (QED) is 0.686. The molecule has 6 heteroatoms. The van der Waals surface area contributed by atoms with Crippen molar-refractivity contribution in [2.75, 3.05) is 23.2 Å². The number of rotatable bonds is 6. The molecule has 1 aliphatic rings. The molecule has 1 amide bonds. The van der Waals surface area contributed by atoms with Crippen LogP contribution in [0.2, 0.25) is 0 Å². The number of fused-ring (bicyclic) bond motifs is 1. The van der Waals surface area contributed by atoms with Crippen LogP contribution in [0.5, 0.6) is 5.75 Å². The molecule has 0 atom stereocenters. The molecular formula is C19H23N3O2S. The van der Waals surface area contributed by atoms with Gasteiger partial charge in [-0.1, -0.05) is 12.1 Å². The summed E-state index contributed by atoms with van der Waals surface area (Å²) in [6.07, 6.45) is 1.02. The third kappa shape index (κ3) is 4.46. The van der Waals surface area contributed by atoms with Crippen LogP contribution in [0.3, 0.4) is 0 Å². The minimum atomic E-state index is -0.0855. The van der Waals surface area contributed by atoms with Crippen molar-refractivity contribution in [2.45, 2.75) is 31.7 Å². The first kappa shape index (κ1) is 17.6. The molecule has 5 nitrogen and oxygen atoms in total. The normalized spacial score (nSPS) is 13.0. The van der Waals surface area contributed by atoms with Gasteiger partial charge in [-0.05, 0) is 67.2 Å². The highest BCUT2D eigenvalue weighted by Crippen LogP contribution is 2.34. The van der Waals surface area contributed by atoms with E-state index in [1.165, 1.54) is 30.0 Å². The summed E-state index contributed by atoms with van der Waals surface area (Å²) in [6, 6.07) is 12.0. The maximum atomic E-state index is 11.3. The van der Waals surface area contributed by atoms with Crippen LogP contribution in [0.1, 0.15) is 25.0 Å². The van der Waals surface area contributed by atoms with Gasteiger partial charge in [0.25, 0.3) is 0 Å². The van der Waals surface area contributed by atoms with Gasteiger partial charge in [-0.2, -0.15) is 0 Å². The van der Waals surface area contributed by atoms with Gasteiger partial charge in [-0.15, -0.1) is 0 Å². The van der Waals surface area contributed by atoms with Crippen molar-refractivity contribution in [1.29, 1.82) is 0 Å². The highest BCUT2D eigenvalue weighted by Gasteiger charge is 2.13. The van der Waals surface area contributed by atoms with Crippen LogP contribution >= 0.6 is 11.9 Å². The second-order valence-corrected chi connectivity index (χ2v) is 6.70. The molecule has 0 aliphatic carbocycles. The molecule has 0 radical (unpaired) electrons. The molecule has 132 valence electrons. The summed E-state index contributed by atoms with van der Waals surface area (Å²) in [4.78, 5) is 12.2. The van der Waals surface area contributed by atoms with Crippen LogP contribution in [0.15, 0.2) is 41.3 Å². The van der Waals surface area contributed by atoms with Gasteiger partial charge in [0.15, 0.2) is 0 Å². The molecule has 25 heavy (non-hydrogen) atoms. The van der Waals surface area contributed by atoms with Crippen LogP contribution in [0, 0.1) is 0 Å². The van der Waals surface area contributed by atoms with Gasteiger partial charge in [0, 0.05) is 24.8 Å². The zero-order valence-corrected chi connectivity index (χ0v) is 15.3. The van der Waals surface area contributed by atoms with Gasteiger partial charge in [-0.3, -0.25) is 4.79 Å². The fraction of sp³-hybridized carbons (Fsp3) is 0.316. The highest BCUT2D eigenvalue weighted by atomic mass is 32.2. The van der Waals surface area contributed by atoms with E-state index in [9.17, 15) is 4.79 Å². The Hall–Kier alpha value is -2.18. The molecule has 3 rings (SSSR count). The average molecular weight is 357 g/mol. The lowest BCUT2D eigenvalue weighted by Crippen LogP contribution is -2.24. The number of amides is 1. The number of anilines is 2. The second-order valence-electron chi connectivity index (χ2n) is 5.85. The van der Waals surface area contributed by atoms with Gasteiger partial charge in [0.05, 0.1) is 11.5 Å². The van der Waals surface area contributed by atoms with Crippen LogP contribution in [-0.4, -0.2) is 19.1 Å². The fourth-order valence-electron chi connectivity index (χ4n) is 2.88. The van der Waals surface area contributed by atoms with E-state index >= 15 is 0 Å². The monoisotopic (exact) mass is 357 g/mol. The molecule has 3 N–H and O–H groups in total. The first-order chi connectivity index (χ1) is 12.2. The molecule has 0 fully saturated rings. The Bertz CT molecular complexity index is 764. The Morgan fingerprint density at radius 3 is 3.00 bits per heavy atom. The molecule has 0 unspecified atom stereocenters. The number of benzene rings is 2. The van der Waals surface area contributed by atoms with Crippen molar-refractivity contribution in [2.24, 2.45) is 0 Å². The topological polar surface area (TPSA) is 62.4 Å². The third-order valence-electron chi connectivity index (χ3n) is 3.98. The molecule has 0 bridgehead atoms. The van der Waals surface area contributed by atoms with Crippen molar-refractivity contribution >= 4 is 29.2 Å². The van der Waals surface area contributed by atoms with Gasteiger partial charge in [0.2, 0.25) is 5.91 Å². The van der Waals surface area contributed by atoms with Crippen LogP contribution in [0.4, 0.5) is 11.4 Å². The van der Waals surface area contributed by atoms with Crippen LogP contribution in [0.25, 0.3) is 0 Å². The lowest BCUT2D eigenvalue weighted by molar-refractivity contribution is -0.114. The van der Waals surface area contributed by atoms with Gasteiger partial charge in [0.1, 0.15) is 5.75 Å². The Balaban J connectivity index is 1.81. The van der Waals surface area contributed by atoms with E-state index in [0.717, 1.165) is 41.5 Å². The smallest absolute Gasteiger partial charge is 0.221 e.